The average molecular weight is 391 g/mol. The Balaban J connectivity index is 1.85. The molecule has 154 valence electrons. The molecule has 3 nitrogen and oxygen atoms in total. The Morgan fingerprint density at radius 1 is 1.00 bits per heavy atom. The van der Waals surface area contributed by atoms with Crippen molar-refractivity contribution in [1.82, 2.24) is 9.97 Å². The van der Waals surface area contributed by atoms with Crippen molar-refractivity contribution < 1.29 is 13.5 Å². The van der Waals surface area contributed by atoms with Crippen molar-refractivity contribution in [2.24, 2.45) is 0 Å². The van der Waals surface area contributed by atoms with Crippen molar-refractivity contribution >= 4 is 0 Å². The van der Waals surface area contributed by atoms with Gasteiger partial charge in [-0.15, -0.1) is 0 Å². The lowest BCUT2D eigenvalue weighted by Gasteiger charge is -2.10. The molecule has 2 aromatic rings. The van der Waals surface area contributed by atoms with E-state index in [0.29, 0.717) is 17.8 Å². The molecule has 0 N–H and O–H groups in total. The lowest BCUT2D eigenvalue weighted by molar-refractivity contribution is 0.225. The second kappa shape index (κ2) is 12.4. The smallest absolute Gasteiger partial charge is 0.165 e. The number of halogens is 2. The molecule has 0 aliphatic carbocycles. The van der Waals surface area contributed by atoms with Gasteiger partial charge in [0.05, 0.1) is 6.61 Å². The first-order valence-corrected chi connectivity index (χ1v) is 10.5. The Morgan fingerprint density at radius 3 is 2.39 bits per heavy atom. The topological polar surface area (TPSA) is 35.0 Å². The molecule has 0 saturated carbocycles. The third-order valence-corrected chi connectivity index (χ3v) is 4.85. The molecule has 0 aliphatic heterocycles. The van der Waals surface area contributed by atoms with Crippen molar-refractivity contribution in [1.29, 1.82) is 0 Å². The highest BCUT2D eigenvalue weighted by molar-refractivity contribution is 5.56. The lowest BCUT2D eigenvalue weighted by Crippen LogP contribution is -2.07. The van der Waals surface area contributed by atoms with Gasteiger partial charge in [0.2, 0.25) is 0 Å². The van der Waals surface area contributed by atoms with Crippen molar-refractivity contribution in [3.8, 4) is 17.1 Å². The summed E-state index contributed by atoms with van der Waals surface area (Å²) in [4.78, 5) is 8.75. The van der Waals surface area contributed by atoms with E-state index in [-0.39, 0.29) is 18.8 Å². The van der Waals surface area contributed by atoms with E-state index in [2.05, 4.69) is 16.9 Å². The zero-order chi connectivity index (χ0) is 20.2. The Kier molecular flexibility index (Phi) is 9.87. The molecular formula is C23H32F2N2O. The highest BCUT2D eigenvalue weighted by Crippen LogP contribution is 2.24. The summed E-state index contributed by atoms with van der Waals surface area (Å²) in [5.41, 5.74) is 1.71. The molecule has 1 aromatic carbocycles. The van der Waals surface area contributed by atoms with Gasteiger partial charge in [-0.05, 0) is 43.0 Å². The maximum atomic E-state index is 14.2. The number of aryl methyl sites for hydroxylation is 1. The van der Waals surface area contributed by atoms with Gasteiger partial charge in [-0.2, -0.15) is 0 Å². The van der Waals surface area contributed by atoms with Crippen LogP contribution in [0.1, 0.15) is 70.8 Å². The molecule has 0 bridgehead atoms. The highest BCUT2D eigenvalue weighted by atomic mass is 19.1. The first kappa shape index (κ1) is 22.3. The van der Waals surface area contributed by atoms with Crippen molar-refractivity contribution in [2.45, 2.75) is 77.8 Å². The minimum Gasteiger partial charge on any atom is -0.490 e. The fraction of sp³-hybridized carbons (Fsp3) is 0.565. The third-order valence-electron chi connectivity index (χ3n) is 4.85. The first-order chi connectivity index (χ1) is 13.6. The Labute approximate surface area is 167 Å². The van der Waals surface area contributed by atoms with Crippen LogP contribution in [-0.4, -0.2) is 22.7 Å². The average Bonchev–Trinajstić information content (AvgIpc) is 2.72. The van der Waals surface area contributed by atoms with Crippen molar-refractivity contribution in [2.75, 3.05) is 6.61 Å². The molecule has 0 amide bonds. The summed E-state index contributed by atoms with van der Waals surface area (Å²) in [5, 5.41) is 0. The standard InChI is InChI=1S/C23H32F2N2O/c1-3-5-6-7-8-9-10-18-16-26-23(27-17-18)19-11-12-22(21(25)15-19)28-14-13-20(24)4-2/h11-12,15-17,20H,3-10,13-14H2,1-2H3. The monoisotopic (exact) mass is 390 g/mol. The first-order valence-electron chi connectivity index (χ1n) is 10.5. The van der Waals surface area contributed by atoms with E-state index >= 15 is 0 Å². The second-order valence-corrected chi connectivity index (χ2v) is 7.22. The maximum Gasteiger partial charge on any atom is 0.165 e. The van der Waals surface area contributed by atoms with E-state index in [1.165, 1.54) is 38.2 Å². The Hall–Kier alpha value is -2.04. The van der Waals surface area contributed by atoms with Gasteiger partial charge in [-0.25, -0.2) is 18.7 Å². The summed E-state index contributed by atoms with van der Waals surface area (Å²) in [6.45, 7) is 4.16. The van der Waals surface area contributed by atoms with Crippen LogP contribution in [0, 0.1) is 5.82 Å². The van der Waals surface area contributed by atoms with Gasteiger partial charge in [-0.3, -0.25) is 0 Å². The number of hydrogen-bond acceptors (Lipinski definition) is 3. The highest BCUT2D eigenvalue weighted by Gasteiger charge is 2.10. The zero-order valence-electron chi connectivity index (χ0n) is 17.1. The molecule has 0 aliphatic rings. The van der Waals surface area contributed by atoms with Crippen LogP contribution in [0.2, 0.25) is 0 Å². The number of alkyl halides is 1. The molecule has 1 unspecified atom stereocenters. The van der Waals surface area contributed by atoms with Crippen LogP contribution >= 0.6 is 0 Å². The molecule has 1 atom stereocenters. The van der Waals surface area contributed by atoms with Crippen molar-refractivity contribution in [3.05, 3.63) is 42.0 Å². The number of aromatic nitrogens is 2. The van der Waals surface area contributed by atoms with Crippen LogP contribution in [0.25, 0.3) is 11.4 Å². The zero-order valence-corrected chi connectivity index (χ0v) is 17.1. The number of unbranched alkanes of at least 4 members (excludes halogenated alkanes) is 5. The maximum absolute atomic E-state index is 14.2. The molecule has 5 heteroatoms. The van der Waals surface area contributed by atoms with Gasteiger partial charge < -0.3 is 4.74 Å². The number of rotatable bonds is 13. The predicted molar refractivity (Wildman–Crippen MR) is 110 cm³/mol. The molecule has 28 heavy (non-hydrogen) atoms. The summed E-state index contributed by atoms with van der Waals surface area (Å²) in [7, 11) is 0. The van der Waals surface area contributed by atoms with Crippen LogP contribution < -0.4 is 4.74 Å². The number of benzene rings is 1. The summed E-state index contributed by atoms with van der Waals surface area (Å²) in [5.74, 6) is 0.142. The van der Waals surface area contributed by atoms with Crippen LogP contribution in [0.4, 0.5) is 8.78 Å². The van der Waals surface area contributed by atoms with E-state index in [9.17, 15) is 8.78 Å². The fourth-order valence-electron chi connectivity index (χ4n) is 3.00. The molecule has 1 heterocycles. The second-order valence-electron chi connectivity index (χ2n) is 7.22. The van der Waals surface area contributed by atoms with E-state index in [1.54, 1.807) is 19.1 Å². The van der Waals surface area contributed by atoms with Gasteiger partial charge in [0.25, 0.3) is 0 Å². The Bertz CT molecular complexity index is 692. The minimum absolute atomic E-state index is 0.131. The largest absolute Gasteiger partial charge is 0.490 e. The predicted octanol–water partition coefficient (Wildman–Crippen LogP) is 6.70. The van der Waals surface area contributed by atoms with Crippen LogP contribution in [0.5, 0.6) is 5.75 Å². The van der Waals surface area contributed by atoms with Crippen molar-refractivity contribution in [3.63, 3.8) is 0 Å². The van der Waals surface area contributed by atoms with Gasteiger partial charge >= 0.3 is 0 Å². The summed E-state index contributed by atoms with van der Waals surface area (Å²) < 4.78 is 32.8. The molecule has 0 saturated heterocycles. The molecular weight excluding hydrogens is 358 g/mol. The quantitative estimate of drug-likeness (QED) is 0.357. The molecule has 2 rings (SSSR count). The summed E-state index contributed by atoms with van der Waals surface area (Å²) in [6.07, 6.45) is 12.0. The lowest BCUT2D eigenvalue weighted by atomic mass is 10.1. The molecule has 1 aromatic heterocycles. The van der Waals surface area contributed by atoms with E-state index in [4.69, 9.17) is 4.74 Å². The fourth-order valence-corrected chi connectivity index (χ4v) is 3.00. The van der Waals surface area contributed by atoms with E-state index in [1.807, 2.05) is 12.4 Å². The summed E-state index contributed by atoms with van der Waals surface area (Å²) >= 11 is 0. The van der Waals surface area contributed by atoms with Crippen LogP contribution in [-0.2, 0) is 6.42 Å². The Morgan fingerprint density at radius 2 is 1.71 bits per heavy atom. The minimum atomic E-state index is -0.911. The molecule has 0 radical (unpaired) electrons. The number of ether oxygens (including phenoxy) is 1. The SMILES string of the molecule is CCCCCCCCc1cnc(-c2ccc(OCCC(F)CC)c(F)c2)nc1. The summed E-state index contributed by atoms with van der Waals surface area (Å²) in [6, 6.07) is 4.65. The number of hydrogen-bond donors (Lipinski definition) is 0. The van der Waals surface area contributed by atoms with Gasteiger partial charge in [0, 0.05) is 24.4 Å². The van der Waals surface area contributed by atoms with E-state index in [0.717, 1.165) is 18.4 Å². The molecule has 0 spiro atoms. The van der Waals surface area contributed by atoms with Crippen LogP contribution in [0.15, 0.2) is 30.6 Å². The van der Waals surface area contributed by atoms with E-state index < -0.39 is 12.0 Å². The third kappa shape index (κ3) is 7.53. The van der Waals surface area contributed by atoms with Gasteiger partial charge in [0.15, 0.2) is 17.4 Å². The normalized spacial score (nSPS) is 12.1. The van der Waals surface area contributed by atoms with Gasteiger partial charge in [0.1, 0.15) is 6.17 Å². The number of nitrogens with zero attached hydrogens (tertiary/aromatic N) is 2. The van der Waals surface area contributed by atoms with Gasteiger partial charge in [-0.1, -0.05) is 46.0 Å². The molecule has 0 fully saturated rings. The van der Waals surface area contributed by atoms with Crippen LogP contribution in [0.3, 0.4) is 0 Å².